The van der Waals surface area contributed by atoms with Crippen molar-refractivity contribution in [3.05, 3.63) is 34.2 Å². The van der Waals surface area contributed by atoms with Gasteiger partial charge in [0.15, 0.2) is 0 Å². The quantitative estimate of drug-likeness (QED) is 0.714. The van der Waals surface area contributed by atoms with Gasteiger partial charge in [0.1, 0.15) is 11.6 Å². The average molecular weight is 222 g/mol. The van der Waals surface area contributed by atoms with Gasteiger partial charge in [0.2, 0.25) is 0 Å². The molecule has 80 valence electrons. The predicted octanol–water partition coefficient (Wildman–Crippen LogP) is 1.86. The zero-order valence-corrected chi connectivity index (χ0v) is 9.59. The highest BCUT2D eigenvalue weighted by Crippen LogP contribution is 2.02. The number of pyridine rings is 1. The summed E-state index contributed by atoms with van der Waals surface area (Å²) in [6.45, 7) is 2.81. The van der Waals surface area contributed by atoms with Crippen LogP contribution in [0.4, 0.5) is 0 Å². The van der Waals surface area contributed by atoms with Crippen molar-refractivity contribution in [1.82, 2.24) is 4.57 Å². The van der Waals surface area contributed by atoms with Crippen molar-refractivity contribution in [1.29, 1.82) is 5.26 Å². The van der Waals surface area contributed by atoms with Crippen LogP contribution in [-0.2, 0) is 6.54 Å². The molecule has 15 heavy (non-hydrogen) atoms. The summed E-state index contributed by atoms with van der Waals surface area (Å²) in [5.41, 5.74) is 0.0437. The fourth-order valence-corrected chi connectivity index (χ4v) is 1.90. The second kappa shape index (κ2) is 6.31. The molecule has 1 rings (SSSR count). The van der Waals surface area contributed by atoms with Crippen molar-refractivity contribution in [2.24, 2.45) is 0 Å². The number of rotatable bonds is 5. The SMILES string of the molecule is CCSCCCn1cccc(C#N)c1=O. The molecule has 1 aromatic heterocycles. The van der Waals surface area contributed by atoms with Crippen LogP contribution in [0.3, 0.4) is 0 Å². The molecular formula is C11H14N2OS. The molecule has 0 aliphatic heterocycles. The molecule has 0 radical (unpaired) electrons. The van der Waals surface area contributed by atoms with Crippen LogP contribution in [0, 0.1) is 11.3 Å². The van der Waals surface area contributed by atoms with Gasteiger partial charge in [-0.05, 0) is 30.1 Å². The Balaban J connectivity index is 2.63. The number of hydrogen-bond acceptors (Lipinski definition) is 3. The minimum atomic E-state index is -0.179. The molecule has 0 aliphatic rings. The number of aryl methyl sites for hydroxylation is 1. The molecule has 0 N–H and O–H groups in total. The Kier molecular flexibility index (Phi) is 4.99. The number of aromatic nitrogens is 1. The first-order valence-electron chi connectivity index (χ1n) is 4.97. The molecule has 0 spiro atoms. The van der Waals surface area contributed by atoms with Crippen molar-refractivity contribution >= 4 is 11.8 Å². The van der Waals surface area contributed by atoms with Gasteiger partial charge in [-0.25, -0.2) is 0 Å². The van der Waals surface area contributed by atoms with Crippen LogP contribution in [0.15, 0.2) is 23.1 Å². The lowest BCUT2D eigenvalue weighted by molar-refractivity contribution is 0.657. The summed E-state index contributed by atoms with van der Waals surface area (Å²) < 4.78 is 1.61. The van der Waals surface area contributed by atoms with Gasteiger partial charge >= 0.3 is 0 Å². The minimum absolute atomic E-state index is 0.179. The minimum Gasteiger partial charge on any atom is -0.314 e. The molecule has 1 aromatic rings. The highest BCUT2D eigenvalue weighted by molar-refractivity contribution is 7.99. The fraction of sp³-hybridized carbons (Fsp3) is 0.455. The van der Waals surface area contributed by atoms with E-state index < -0.39 is 0 Å². The third-order valence-corrected chi connectivity index (χ3v) is 3.02. The Morgan fingerprint density at radius 2 is 2.40 bits per heavy atom. The highest BCUT2D eigenvalue weighted by atomic mass is 32.2. The van der Waals surface area contributed by atoms with E-state index in [4.69, 9.17) is 5.26 Å². The summed E-state index contributed by atoms with van der Waals surface area (Å²) in [7, 11) is 0. The van der Waals surface area contributed by atoms with Crippen LogP contribution in [0.1, 0.15) is 18.9 Å². The van der Waals surface area contributed by atoms with Crippen LogP contribution in [0.25, 0.3) is 0 Å². The van der Waals surface area contributed by atoms with Gasteiger partial charge in [-0.1, -0.05) is 6.92 Å². The summed E-state index contributed by atoms with van der Waals surface area (Å²) in [6.07, 6.45) is 2.70. The first-order chi connectivity index (χ1) is 7.29. The maximum Gasteiger partial charge on any atom is 0.268 e. The van der Waals surface area contributed by atoms with Gasteiger partial charge in [0, 0.05) is 12.7 Å². The van der Waals surface area contributed by atoms with Crippen molar-refractivity contribution in [2.75, 3.05) is 11.5 Å². The van der Waals surface area contributed by atoms with Gasteiger partial charge in [-0.15, -0.1) is 0 Å². The largest absolute Gasteiger partial charge is 0.314 e. The Morgan fingerprint density at radius 3 is 3.07 bits per heavy atom. The predicted molar refractivity (Wildman–Crippen MR) is 63.0 cm³/mol. The molecule has 0 atom stereocenters. The Morgan fingerprint density at radius 1 is 1.60 bits per heavy atom. The second-order valence-corrected chi connectivity index (χ2v) is 4.48. The molecular weight excluding hydrogens is 208 g/mol. The topological polar surface area (TPSA) is 45.8 Å². The molecule has 1 heterocycles. The van der Waals surface area contributed by atoms with Gasteiger partial charge in [0.25, 0.3) is 5.56 Å². The normalized spacial score (nSPS) is 9.87. The standard InChI is InChI=1S/C11H14N2OS/c1-2-15-8-4-7-13-6-3-5-10(9-12)11(13)14/h3,5-6H,2,4,7-8H2,1H3. The van der Waals surface area contributed by atoms with Crippen molar-refractivity contribution in [2.45, 2.75) is 19.9 Å². The number of thioether (sulfide) groups is 1. The van der Waals surface area contributed by atoms with Crippen LogP contribution in [-0.4, -0.2) is 16.1 Å². The van der Waals surface area contributed by atoms with Crippen molar-refractivity contribution in [3.8, 4) is 6.07 Å². The first-order valence-corrected chi connectivity index (χ1v) is 6.12. The lowest BCUT2D eigenvalue weighted by Crippen LogP contribution is -2.21. The van der Waals surface area contributed by atoms with Crippen molar-refractivity contribution in [3.63, 3.8) is 0 Å². The third-order valence-electron chi connectivity index (χ3n) is 2.03. The lowest BCUT2D eigenvalue weighted by atomic mass is 10.3. The summed E-state index contributed by atoms with van der Waals surface area (Å²) in [4.78, 5) is 11.6. The Bertz CT molecular complexity index is 406. The lowest BCUT2D eigenvalue weighted by Gasteiger charge is -2.04. The average Bonchev–Trinajstić information content (AvgIpc) is 2.26. The van der Waals surface area contributed by atoms with E-state index >= 15 is 0 Å². The van der Waals surface area contributed by atoms with E-state index in [0.29, 0.717) is 6.54 Å². The van der Waals surface area contributed by atoms with Gasteiger partial charge < -0.3 is 4.57 Å². The van der Waals surface area contributed by atoms with Gasteiger partial charge in [0.05, 0.1) is 0 Å². The first kappa shape index (κ1) is 11.9. The van der Waals surface area contributed by atoms with Crippen LogP contribution >= 0.6 is 11.8 Å². The van der Waals surface area contributed by atoms with Gasteiger partial charge in [-0.2, -0.15) is 17.0 Å². The number of nitrogens with zero attached hydrogens (tertiary/aromatic N) is 2. The Hall–Kier alpha value is -1.21. The van der Waals surface area contributed by atoms with E-state index in [1.165, 1.54) is 0 Å². The van der Waals surface area contributed by atoms with Crippen LogP contribution in [0.5, 0.6) is 0 Å². The number of hydrogen-bond donors (Lipinski definition) is 0. The molecule has 0 fully saturated rings. The van der Waals surface area contributed by atoms with E-state index in [1.54, 1.807) is 22.9 Å². The molecule has 0 bridgehead atoms. The molecule has 0 amide bonds. The van der Waals surface area contributed by atoms with E-state index in [9.17, 15) is 4.79 Å². The maximum atomic E-state index is 11.6. The second-order valence-electron chi connectivity index (χ2n) is 3.08. The molecule has 3 nitrogen and oxygen atoms in total. The molecule has 0 aromatic carbocycles. The smallest absolute Gasteiger partial charge is 0.268 e. The summed E-state index contributed by atoms with van der Waals surface area (Å²) in [5.74, 6) is 2.16. The maximum absolute atomic E-state index is 11.6. The molecule has 4 heteroatoms. The van der Waals surface area contributed by atoms with Crippen molar-refractivity contribution < 1.29 is 0 Å². The van der Waals surface area contributed by atoms with E-state index in [2.05, 4.69) is 6.92 Å². The number of nitriles is 1. The summed E-state index contributed by atoms with van der Waals surface area (Å²) >= 11 is 1.86. The zero-order valence-electron chi connectivity index (χ0n) is 8.77. The van der Waals surface area contributed by atoms with E-state index in [-0.39, 0.29) is 11.1 Å². The zero-order chi connectivity index (χ0) is 11.1. The summed E-state index contributed by atoms with van der Waals surface area (Å²) in [6, 6.07) is 5.20. The molecule has 0 unspecified atom stereocenters. The molecule has 0 saturated carbocycles. The molecule has 0 aliphatic carbocycles. The van der Waals surface area contributed by atoms with E-state index in [0.717, 1.165) is 17.9 Å². The fourth-order valence-electron chi connectivity index (χ4n) is 1.28. The molecule has 0 saturated heterocycles. The van der Waals surface area contributed by atoms with Crippen LogP contribution in [0.2, 0.25) is 0 Å². The highest BCUT2D eigenvalue weighted by Gasteiger charge is 2.00. The van der Waals surface area contributed by atoms with Gasteiger partial charge in [-0.3, -0.25) is 4.79 Å². The van der Waals surface area contributed by atoms with Crippen LogP contribution < -0.4 is 5.56 Å². The third kappa shape index (κ3) is 3.45. The van der Waals surface area contributed by atoms with E-state index in [1.807, 2.05) is 17.8 Å². The monoisotopic (exact) mass is 222 g/mol. The Labute approximate surface area is 93.7 Å². The summed E-state index contributed by atoms with van der Waals surface area (Å²) in [5, 5.41) is 8.69.